The number of rotatable bonds is 5. The molecule has 3 rings (SSSR count). The van der Waals surface area contributed by atoms with Crippen LogP contribution in [0.1, 0.15) is 25.7 Å². The summed E-state index contributed by atoms with van der Waals surface area (Å²) in [5, 5.41) is 10.4. The summed E-state index contributed by atoms with van der Waals surface area (Å²) >= 11 is 0. The van der Waals surface area contributed by atoms with Gasteiger partial charge in [-0.3, -0.25) is 9.78 Å². The second-order valence-corrected chi connectivity index (χ2v) is 8.00. The zero-order valence-corrected chi connectivity index (χ0v) is 14.0. The number of aliphatic carboxylic acids is 1. The number of carboxylic acid groups (broad SMARTS) is 1. The Morgan fingerprint density at radius 3 is 2.67 bits per heavy atom. The molecule has 0 unspecified atom stereocenters. The van der Waals surface area contributed by atoms with E-state index in [2.05, 4.69) is 9.71 Å². The van der Waals surface area contributed by atoms with Crippen molar-refractivity contribution in [2.24, 2.45) is 11.8 Å². The molecule has 7 heteroatoms. The Hall–Kier alpha value is -1.99. The first-order valence-corrected chi connectivity index (χ1v) is 9.51. The Bertz CT molecular complexity index is 837. The lowest BCUT2D eigenvalue weighted by Crippen LogP contribution is -2.32. The van der Waals surface area contributed by atoms with Gasteiger partial charge in [0.1, 0.15) is 0 Å². The molecule has 1 heterocycles. The number of benzene rings is 1. The molecule has 24 heavy (non-hydrogen) atoms. The summed E-state index contributed by atoms with van der Waals surface area (Å²) in [6.45, 7) is 0.343. The average Bonchev–Trinajstić information content (AvgIpc) is 2.60. The van der Waals surface area contributed by atoms with Gasteiger partial charge in [-0.15, -0.1) is 0 Å². The Morgan fingerprint density at radius 2 is 1.96 bits per heavy atom. The van der Waals surface area contributed by atoms with Crippen molar-refractivity contribution in [3.63, 3.8) is 0 Å². The molecule has 0 atom stereocenters. The highest BCUT2D eigenvalue weighted by Crippen LogP contribution is 2.29. The van der Waals surface area contributed by atoms with Gasteiger partial charge >= 0.3 is 5.97 Å². The summed E-state index contributed by atoms with van der Waals surface area (Å²) in [7, 11) is -3.61. The third-order valence-corrected chi connectivity index (χ3v) is 6.17. The van der Waals surface area contributed by atoms with Crippen LogP contribution >= 0.6 is 0 Å². The third-order valence-electron chi connectivity index (χ3n) is 4.69. The highest BCUT2D eigenvalue weighted by molar-refractivity contribution is 7.89. The molecule has 1 aliphatic rings. The topological polar surface area (TPSA) is 96.4 Å². The molecule has 0 spiro atoms. The van der Waals surface area contributed by atoms with Gasteiger partial charge in [-0.25, -0.2) is 13.1 Å². The van der Waals surface area contributed by atoms with Crippen molar-refractivity contribution < 1.29 is 18.3 Å². The number of fused-ring (bicyclic) bond motifs is 1. The Balaban J connectivity index is 1.69. The highest BCUT2D eigenvalue weighted by atomic mass is 32.2. The number of nitrogens with one attached hydrogen (secondary N) is 1. The summed E-state index contributed by atoms with van der Waals surface area (Å²) in [5.41, 5.74) is 0. The van der Waals surface area contributed by atoms with Crippen LogP contribution in [0.5, 0.6) is 0 Å². The maximum Gasteiger partial charge on any atom is 0.306 e. The average molecular weight is 348 g/mol. The van der Waals surface area contributed by atoms with Crippen molar-refractivity contribution in [3.8, 4) is 0 Å². The number of sulfonamides is 1. The SMILES string of the molecule is O=C(O)C1CCC(CNS(=O)(=O)c2cccc3cnccc23)CC1. The van der Waals surface area contributed by atoms with Gasteiger partial charge in [-0.1, -0.05) is 12.1 Å². The molecule has 2 aromatic rings. The van der Waals surface area contributed by atoms with Crippen LogP contribution in [0.15, 0.2) is 41.6 Å². The van der Waals surface area contributed by atoms with Crippen LogP contribution in [-0.4, -0.2) is 31.0 Å². The molecule has 0 aliphatic heterocycles. The zero-order chi connectivity index (χ0) is 17.2. The van der Waals surface area contributed by atoms with Crippen LogP contribution < -0.4 is 4.72 Å². The van der Waals surface area contributed by atoms with Gasteiger partial charge in [0.2, 0.25) is 10.0 Å². The number of hydrogen-bond acceptors (Lipinski definition) is 4. The molecular weight excluding hydrogens is 328 g/mol. The van der Waals surface area contributed by atoms with Crippen LogP contribution in [0.3, 0.4) is 0 Å². The van der Waals surface area contributed by atoms with Crippen LogP contribution in [-0.2, 0) is 14.8 Å². The molecule has 1 aromatic carbocycles. The lowest BCUT2D eigenvalue weighted by atomic mass is 9.82. The maximum absolute atomic E-state index is 12.6. The monoisotopic (exact) mass is 348 g/mol. The Morgan fingerprint density at radius 1 is 1.21 bits per heavy atom. The van der Waals surface area contributed by atoms with Crippen LogP contribution in [0.2, 0.25) is 0 Å². The van der Waals surface area contributed by atoms with E-state index in [1.165, 1.54) is 0 Å². The number of carboxylic acids is 1. The lowest BCUT2D eigenvalue weighted by molar-refractivity contribution is -0.143. The van der Waals surface area contributed by atoms with Gasteiger partial charge in [-0.05, 0) is 43.7 Å². The fraction of sp³-hybridized carbons (Fsp3) is 0.412. The first-order chi connectivity index (χ1) is 11.5. The van der Waals surface area contributed by atoms with Crippen molar-refractivity contribution in [1.82, 2.24) is 9.71 Å². The van der Waals surface area contributed by atoms with Gasteiger partial charge in [0.05, 0.1) is 10.8 Å². The molecule has 128 valence electrons. The van der Waals surface area contributed by atoms with E-state index in [0.717, 1.165) is 18.2 Å². The van der Waals surface area contributed by atoms with Crippen molar-refractivity contribution in [1.29, 1.82) is 0 Å². The molecule has 0 bridgehead atoms. The number of aromatic nitrogens is 1. The van der Waals surface area contributed by atoms with Crippen LogP contribution in [0.25, 0.3) is 10.8 Å². The number of pyridine rings is 1. The Kier molecular flexibility index (Phi) is 4.82. The lowest BCUT2D eigenvalue weighted by Gasteiger charge is -2.26. The summed E-state index contributed by atoms with van der Waals surface area (Å²) in [5.74, 6) is -0.853. The molecule has 1 aliphatic carbocycles. The molecule has 1 fully saturated rings. The standard InChI is InChI=1S/C17H20N2O4S/c20-17(21)13-6-4-12(5-7-13)10-19-24(22,23)16-3-1-2-14-11-18-9-8-15(14)16/h1-3,8-9,11-13,19H,4-7,10H2,(H,20,21). The molecule has 1 saturated carbocycles. The largest absolute Gasteiger partial charge is 0.481 e. The molecule has 0 amide bonds. The summed E-state index contributed by atoms with van der Waals surface area (Å²) in [6, 6.07) is 6.82. The molecule has 0 saturated heterocycles. The van der Waals surface area contributed by atoms with E-state index in [0.29, 0.717) is 24.8 Å². The van der Waals surface area contributed by atoms with Gasteiger partial charge in [-0.2, -0.15) is 0 Å². The second-order valence-electron chi connectivity index (χ2n) is 6.26. The highest BCUT2D eigenvalue weighted by Gasteiger charge is 2.27. The molecule has 2 N–H and O–H groups in total. The quantitative estimate of drug-likeness (QED) is 0.865. The minimum Gasteiger partial charge on any atom is -0.481 e. The zero-order valence-electron chi connectivity index (χ0n) is 13.2. The summed E-state index contributed by atoms with van der Waals surface area (Å²) in [4.78, 5) is 15.2. The second kappa shape index (κ2) is 6.86. The fourth-order valence-corrected chi connectivity index (χ4v) is 4.59. The first kappa shape index (κ1) is 16.9. The summed E-state index contributed by atoms with van der Waals surface area (Å²) in [6.07, 6.45) is 5.91. The fourth-order valence-electron chi connectivity index (χ4n) is 3.25. The van der Waals surface area contributed by atoms with Crippen LogP contribution in [0, 0.1) is 11.8 Å². The molecule has 0 radical (unpaired) electrons. The van der Waals surface area contributed by atoms with Gasteiger partial charge in [0.25, 0.3) is 0 Å². The predicted molar refractivity (Wildman–Crippen MR) is 90.0 cm³/mol. The van der Waals surface area contributed by atoms with Gasteiger partial charge in [0.15, 0.2) is 0 Å². The van der Waals surface area contributed by atoms with Gasteiger partial charge < -0.3 is 5.11 Å². The smallest absolute Gasteiger partial charge is 0.306 e. The minimum absolute atomic E-state index is 0.187. The molecule has 6 nitrogen and oxygen atoms in total. The first-order valence-electron chi connectivity index (χ1n) is 8.02. The van der Waals surface area contributed by atoms with E-state index >= 15 is 0 Å². The van der Waals surface area contributed by atoms with Crippen molar-refractivity contribution in [2.45, 2.75) is 30.6 Å². The predicted octanol–water partition coefficient (Wildman–Crippen LogP) is 2.40. The van der Waals surface area contributed by atoms with Crippen molar-refractivity contribution >= 4 is 26.8 Å². The molecular formula is C17H20N2O4S. The van der Waals surface area contributed by atoms with E-state index in [4.69, 9.17) is 5.11 Å². The van der Waals surface area contributed by atoms with Crippen LogP contribution in [0.4, 0.5) is 0 Å². The van der Waals surface area contributed by atoms with Crippen molar-refractivity contribution in [3.05, 3.63) is 36.7 Å². The van der Waals surface area contributed by atoms with E-state index in [1.807, 2.05) is 6.07 Å². The number of nitrogens with zero attached hydrogens (tertiary/aromatic N) is 1. The van der Waals surface area contributed by atoms with E-state index in [9.17, 15) is 13.2 Å². The summed E-state index contributed by atoms with van der Waals surface area (Å²) < 4.78 is 28.0. The number of hydrogen-bond donors (Lipinski definition) is 2. The van der Waals surface area contributed by atoms with E-state index in [1.54, 1.807) is 30.6 Å². The molecule has 1 aromatic heterocycles. The third kappa shape index (κ3) is 3.57. The number of carbonyl (C=O) groups is 1. The van der Waals surface area contributed by atoms with E-state index < -0.39 is 16.0 Å². The maximum atomic E-state index is 12.6. The van der Waals surface area contributed by atoms with Crippen molar-refractivity contribution in [2.75, 3.05) is 6.54 Å². The minimum atomic E-state index is -3.61. The Labute approximate surface area is 141 Å². The van der Waals surface area contributed by atoms with Gasteiger partial charge in [0, 0.05) is 29.7 Å². The normalized spacial score (nSPS) is 21.7. The van der Waals surface area contributed by atoms with E-state index in [-0.39, 0.29) is 16.7 Å².